The average molecular weight is 277 g/mol. The lowest BCUT2D eigenvalue weighted by Gasteiger charge is -2.08. The predicted octanol–water partition coefficient (Wildman–Crippen LogP) is 2.29. The highest BCUT2D eigenvalue weighted by atomic mass is 35.5. The molecule has 0 aliphatic heterocycles. The van der Waals surface area contributed by atoms with E-state index in [1.165, 1.54) is 7.11 Å². The summed E-state index contributed by atoms with van der Waals surface area (Å²) in [5.74, 6) is -0.431. The van der Waals surface area contributed by atoms with Gasteiger partial charge in [-0.15, -0.1) is 0 Å². The van der Waals surface area contributed by atoms with E-state index in [0.717, 1.165) is 0 Å². The van der Waals surface area contributed by atoms with Crippen molar-refractivity contribution in [3.8, 4) is 0 Å². The maximum atomic E-state index is 11.4. The molecule has 0 atom stereocenters. The number of amides is 2. The largest absolute Gasteiger partial charge is 0.453 e. The van der Waals surface area contributed by atoms with Crippen LogP contribution in [-0.4, -0.2) is 25.7 Å². The van der Waals surface area contributed by atoms with E-state index < -0.39 is 12.0 Å². The van der Waals surface area contributed by atoms with E-state index in [2.05, 4.69) is 15.4 Å². The number of benzene rings is 1. The molecule has 1 aromatic rings. The lowest BCUT2D eigenvalue weighted by atomic mass is 10.3. The van der Waals surface area contributed by atoms with Gasteiger partial charge in [-0.05, 0) is 12.1 Å². The molecule has 0 spiro atoms. The summed E-state index contributed by atoms with van der Waals surface area (Å²) in [6.45, 7) is -0.213. The van der Waals surface area contributed by atoms with E-state index in [0.29, 0.717) is 10.7 Å². The summed E-state index contributed by atoms with van der Waals surface area (Å²) in [6, 6.07) is 4.86. The zero-order valence-corrected chi connectivity index (χ0v) is 10.4. The molecular formula is C10H10Cl2N2O3. The van der Waals surface area contributed by atoms with E-state index in [1.54, 1.807) is 18.2 Å². The number of hydrogen-bond acceptors (Lipinski definition) is 3. The third kappa shape index (κ3) is 4.13. The summed E-state index contributed by atoms with van der Waals surface area (Å²) in [5.41, 5.74) is 0.385. The third-order valence-corrected chi connectivity index (χ3v) is 2.62. The number of ether oxygens (including phenoxy) is 1. The molecule has 0 saturated carbocycles. The van der Waals surface area contributed by atoms with Crippen molar-refractivity contribution < 1.29 is 14.3 Å². The zero-order chi connectivity index (χ0) is 12.8. The summed E-state index contributed by atoms with van der Waals surface area (Å²) in [5, 5.41) is 5.33. The van der Waals surface area contributed by atoms with E-state index in [1.807, 2.05) is 0 Å². The molecule has 92 valence electrons. The molecule has 0 aromatic heterocycles. The van der Waals surface area contributed by atoms with Crippen LogP contribution in [0.15, 0.2) is 18.2 Å². The first-order valence-corrected chi connectivity index (χ1v) is 5.36. The molecule has 7 heteroatoms. The Bertz CT molecular complexity index is 438. The Kier molecular flexibility index (Phi) is 5.06. The fourth-order valence-corrected chi connectivity index (χ4v) is 1.37. The van der Waals surface area contributed by atoms with Crippen molar-refractivity contribution in [1.82, 2.24) is 5.32 Å². The van der Waals surface area contributed by atoms with E-state index in [4.69, 9.17) is 23.2 Å². The van der Waals surface area contributed by atoms with Gasteiger partial charge < -0.3 is 15.4 Å². The Hall–Kier alpha value is -1.46. The maximum absolute atomic E-state index is 11.4. The fourth-order valence-electron chi connectivity index (χ4n) is 1.02. The highest BCUT2D eigenvalue weighted by Gasteiger charge is 2.09. The van der Waals surface area contributed by atoms with Crippen molar-refractivity contribution in [1.29, 1.82) is 0 Å². The normalized spacial score (nSPS) is 9.59. The second-order valence-corrected chi connectivity index (χ2v) is 3.78. The smallest absolute Gasteiger partial charge is 0.407 e. The first-order chi connectivity index (χ1) is 8.04. The van der Waals surface area contributed by atoms with E-state index >= 15 is 0 Å². The van der Waals surface area contributed by atoms with Crippen molar-refractivity contribution in [2.45, 2.75) is 0 Å². The Morgan fingerprint density at radius 1 is 1.35 bits per heavy atom. The molecule has 0 unspecified atom stereocenters. The molecule has 2 amide bonds. The number of carbonyl (C=O) groups excluding carboxylic acids is 2. The molecule has 17 heavy (non-hydrogen) atoms. The lowest BCUT2D eigenvalue weighted by Crippen LogP contribution is -2.32. The number of hydrogen-bond donors (Lipinski definition) is 2. The van der Waals surface area contributed by atoms with Crippen molar-refractivity contribution in [2.24, 2.45) is 0 Å². The van der Waals surface area contributed by atoms with Crippen molar-refractivity contribution in [3.63, 3.8) is 0 Å². The van der Waals surface area contributed by atoms with Crippen molar-refractivity contribution >= 4 is 40.9 Å². The quantitative estimate of drug-likeness (QED) is 0.890. The molecule has 0 aliphatic rings. The number of methoxy groups -OCH3 is 1. The van der Waals surface area contributed by atoms with Crippen LogP contribution >= 0.6 is 23.2 Å². The summed E-state index contributed by atoms with van der Waals surface area (Å²) >= 11 is 11.6. The summed E-state index contributed by atoms with van der Waals surface area (Å²) in [6.07, 6.45) is -0.683. The lowest BCUT2D eigenvalue weighted by molar-refractivity contribution is -0.115. The number of anilines is 1. The molecule has 2 N–H and O–H groups in total. The second kappa shape index (κ2) is 6.32. The topological polar surface area (TPSA) is 67.4 Å². The summed E-state index contributed by atoms with van der Waals surface area (Å²) in [4.78, 5) is 22.1. The van der Waals surface area contributed by atoms with Gasteiger partial charge >= 0.3 is 6.09 Å². The van der Waals surface area contributed by atoms with Crippen LogP contribution in [0.3, 0.4) is 0 Å². The number of carbonyl (C=O) groups is 2. The Morgan fingerprint density at radius 2 is 2.06 bits per heavy atom. The first-order valence-electron chi connectivity index (χ1n) is 4.60. The van der Waals surface area contributed by atoms with Crippen LogP contribution in [0.5, 0.6) is 0 Å². The Labute approximate surface area is 108 Å². The van der Waals surface area contributed by atoms with Crippen LogP contribution in [0.1, 0.15) is 0 Å². The van der Waals surface area contributed by atoms with Gasteiger partial charge in [-0.25, -0.2) is 4.79 Å². The van der Waals surface area contributed by atoms with Gasteiger partial charge in [0.05, 0.1) is 22.8 Å². The minimum Gasteiger partial charge on any atom is -0.453 e. The SMILES string of the molecule is COC(=O)NCC(=O)Nc1cccc(Cl)c1Cl. The molecule has 0 bridgehead atoms. The van der Waals surface area contributed by atoms with Crippen LogP contribution in [0, 0.1) is 0 Å². The number of nitrogens with one attached hydrogen (secondary N) is 2. The molecule has 1 rings (SSSR count). The first kappa shape index (κ1) is 13.6. The second-order valence-electron chi connectivity index (χ2n) is 2.99. The molecule has 0 radical (unpaired) electrons. The molecule has 0 fully saturated rings. The van der Waals surface area contributed by atoms with Gasteiger partial charge in [-0.1, -0.05) is 29.3 Å². The van der Waals surface area contributed by atoms with Crippen LogP contribution in [0.2, 0.25) is 10.0 Å². The zero-order valence-electron chi connectivity index (χ0n) is 8.92. The van der Waals surface area contributed by atoms with Crippen molar-refractivity contribution in [3.05, 3.63) is 28.2 Å². The van der Waals surface area contributed by atoms with Crippen LogP contribution in [0.4, 0.5) is 10.5 Å². The van der Waals surface area contributed by atoms with Gasteiger partial charge in [0.1, 0.15) is 6.54 Å². The molecule has 5 nitrogen and oxygen atoms in total. The van der Waals surface area contributed by atoms with Gasteiger partial charge in [-0.3, -0.25) is 4.79 Å². The highest BCUT2D eigenvalue weighted by molar-refractivity contribution is 6.44. The van der Waals surface area contributed by atoms with Crippen molar-refractivity contribution in [2.75, 3.05) is 19.0 Å². The van der Waals surface area contributed by atoms with E-state index in [-0.39, 0.29) is 11.6 Å². The summed E-state index contributed by atoms with van der Waals surface area (Å²) < 4.78 is 4.32. The maximum Gasteiger partial charge on any atom is 0.407 e. The van der Waals surface area contributed by atoms with Gasteiger partial charge in [0.15, 0.2) is 0 Å². The van der Waals surface area contributed by atoms with Gasteiger partial charge in [0.2, 0.25) is 5.91 Å². The van der Waals surface area contributed by atoms with Gasteiger partial charge in [0, 0.05) is 0 Å². The minimum absolute atomic E-state index is 0.213. The number of halogens is 2. The molecule has 1 aromatic carbocycles. The molecular weight excluding hydrogens is 267 g/mol. The van der Waals surface area contributed by atoms with Crippen LogP contribution < -0.4 is 10.6 Å². The number of alkyl carbamates (subject to hydrolysis) is 1. The fraction of sp³-hybridized carbons (Fsp3) is 0.200. The highest BCUT2D eigenvalue weighted by Crippen LogP contribution is 2.29. The molecule has 0 aliphatic carbocycles. The monoisotopic (exact) mass is 276 g/mol. The Morgan fingerprint density at radius 3 is 2.71 bits per heavy atom. The predicted molar refractivity (Wildman–Crippen MR) is 65.5 cm³/mol. The van der Waals surface area contributed by atoms with Crippen LogP contribution in [-0.2, 0) is 9.53 Å². The number of rotatable bonds is 3. The Balaban J connectivity index is 2.56. The average Bonchev–Trinajstić information content (AvgIpc) is 2.32. The summed E-state index contributed by atoms with van der Waals surface area (Å²) in [7, 11) is 1.21. The molecule has 0 saturated heterocycles. The van der Waals surface area contributed by atoms with E-state index in [9.17, 15) is 9.59 Å². The minimum atomic E-state index is -0.683. The van der Waals surface area contributed by atoms with Gasteiger partial charge in [0.25, 0.3) is 0 Å². The third-order valence-electron chi connectivity index (χ3n) is 1.80. The molecule has 0 heterocycles. The standard InChI is InChI=1S/C10H10Cl2N2O3/c1-17-10(16)13-5-8(15)14-7-4-2-3-6(11)9(7)12/h2-4H,5H2,1H3,(H,13,16)(H,14,15). The van der Waals surface area contributed by atoms with Gasteiger partial charge in [-0.2, -0.15) is 0 Å². The van der Waals surface area contributed by atoms with Crippen LogP contribution in [0.25, 0.3) is 0 Å².